The molecule has 2 atom stereocenters. The summed E-state index contributed by atoms with van der Waals surface area (Å²) in [4.78, 5) is 11.8. The highest BCUT2D eigenvalue weighted by Gasteiger charge is 2.21. The van der Waals surface area contributed by atoms with E-state index in [-0.39, 0.29) is 12.1 Å². The summed E-state index contributed by atoms with van der Waals surface area (Å²) < 4.78 is 10.7. The Bertz CT molecular complexity index is 383. The van der Waals surface area contributed by atoms with Crippen LogP contribution in [0.2, 0.25) is 0 Å². The molecular formula is C20H37NO3. The van der Waals surface area contributed by atoms with E-state index in [1.165, 1.54) is 25.7 Å². The molecule has 0 aliphatic heterocycles. The second-order valence-corrected chi connectivity index (χ2v) is 7.15. The van der Waals surface area contributed by atoms with E-state index in [2.05, 4.69) is 30.5 Å². The molecule has 1 N–H and O–H groups in total. The second-order valence-electron chi connectivity index (χ2n) is 7.15. The molecule has 24 heavy (non-hydrogen) atoms. The Morgan fingerprint density at radius 2 is 1.79 bits per heavy atom. The van der Waals surface area contributed by atoms with Gasteiger partial charge in [0.15, 0.2) is 0 Å². The SMILES string of the molecule is CCCCCC/C=C/C=C/C[C@H](OC)[C@@H](C)NC(=O)OC(C)(C)C. The minimum atomic E-state index is -0.492. The number of nitrogens with one attached hydrogen (secondary N) is 1. The molecule has 0 saturated heterocycles. The van der Waals surface area contributed by atoms with Crippen molar-refractivity contribution in [1.29, 1.82) is 0 Å². The van der Waals surface area contributed by atoms with E-state index in [1.807, 2.05) is 33.8 Å². The monoisotopic (exact) mass is 339 g/mol. The summed E-state index contributed by atoms with van der Waals surface area (Å²) in [5.41, 5.74) is -0.492. The molecule has 0 rings (SSSR count). The number of carbonyl (C=O) groups excluding carboxylic acids is 1. The lowest BCUT2D eigenvalue weighted by atomic mass is 10.1. The summed E-state index contributed by atoms with van der Waals surface area (Å²) in [7, 11) is 1.66. The van der Waals surface area contributed by atoms with E-state index in [4.69, 9.17) is 9.47 Å². The average Bonchev–Trinajstić information content (AvgIpc) is 2.47. The lowest BCUT2D eigenvalue weighted by molar-refractivity contribution is 0.0365. The highest BCUT2D eigenvalue weighted by molar-refractivity contribution is 5.68. The van der Waals surface area contributed by atoms with Crippen LogP contribution < -0.4 is 5.32 Å². The van der Waals surface area contributed by atoms with Crippen LogP contribution in [0.5, 0.6) is 0 Å². The van der Waals surface area contributed by atoms with Crippen LogP contribution in [0.3, 0.4) is 0 Å². The number of hydrogen-bond donors (Lipinski definition) is 1. The third kappa shape index (κ3) is 13.2. The maximum absolute atomic E-state index is 11.8. The van der Waals surface area contributed by atoms with Crippen LogP contribution >= 0.6 is 0 Å². The van der Waals surface area contributed by atoms with Crippen molar-refractivity contribution in [3.05, 3.63) is 24.3 Å². The molecule has 0 aromatic heterocycles. The van der Waals surface area contributed by atoms with Gasteiger partial charge in [-0.1, -0.05) is 50.5 Å². The maximum Gasteiger partial charge on any atom is 0.407 e. The molecule has 0 saturated carbocycles. The van der Waals surface area contributed by atoms with Crippen LogP contribution in [0, 0.1) is 0 Å². The van der Waals surface area contributed by atoms with Crippen molar-refractivity contribution >= 4 is 6.09 Å². The van der Waals surface area contributed by atoms with Crippen molar-refractivity contribution in [3.63, 3.8) is 0 Å². The fourth-order valence-electron chi connectivity index (χ4n) is 2.25. The molecule has 140 valence electrons. The summed E-state index contributed by atoms with van der Waals surface area (Å²) >= 11 is 0. The Balaban J connectivity index is 4.09. The van der Waals surface area contributed by atoms with Gasteiger partial charge in [-0.3, -0.25) is 0 Å². The lowest BCUT2D eigenvalue weighted by Gasteiger charge is -2.25. The minimum Gasteiger partial charge on any atom is -0.444 e. The highest BCUT2D eigenvalue weighted by atomic mass is 16.6. The Kier molecular flexibility index (Phi) is 12.4. The van der Waals surface area contributed by atoms with E-state index in [1.54, 1.807) is 7.11 Å². The molecule has 0 aliphatic rings. The summed E-state index contributed by atoms with van der Waals surface area (Å²) in [6, 6.07) is -0.118. The fourth-order valence-corrected chi connectivity index (χ4v) is 2.25. The minimum absolute atomic E-state index is 0.0771. The predicted molar refractivity (Wildman–Crippen MR) is 101 cm³/mol. The zero-order valence-electron chi connectivity index (χ0n) is 16.4. The molecule has 0 bridgehead atoms. The number of ether oxygens (including phenoxy) is 2. The first-order valence-electron chi connectivity index (χ1n) is 9.14. The Labute approximate surface area is 148 Å². The molecule has 0 aromatic carbocycles. The highest BCUT2D eigenvalue weighted by Crippen LogP contribution is 2.09. The van der Waals surface area contributed by atoms with Gasteiger partial charge in [-0.2, -0.15) is 0 Å². The lowest BCUT2D eigenvalue weighted by Crippen LogP contribution is -2.44. The third-order valence-electron chi connectivity index (χ3n) is 3.58. The second kappa shape index (κ2) is 13.1. The molecule has 4 nitrogen and oxygen atoms in total. The van der Waals surface area contributed by atoms with Crippen molar-refractivity contribution in [3.8, 4) is 0 Å². The van der Waals surface area contributed by atoms with Crippen molar-refractivity contribution < 1.29 is 14.3 Å². The topological polar surface area (TPSA) is 47.6 Å². The number of alkyl carbamates (subject to hydrolysis) is 1. The Morgan fingerprint density at radius 1 is 1.12 bits per heavy atom. The van der Waals surface area contributed by atoms with Gasteiger partial charge in [-0.15, -0.1) is 0 Å². The van der Waals surface area contributed by atoms with Gasteiger partial charge in [0.05, 0.1) is 12.1 Å². The zero-order valence-corrected chi connectivity index (χ0v) is 16.4. The van der Waals surface area contributed by atoms with Crippen molar-refractivity contribution in [1.82, 2.24) is 5.32 Å². The number of unbranched alkanes of at least 4 members (excludes halogenated alkanes) is 4. The number of hydrogen-bond acceptors (Lipinski definition) is 3. The summed E-state index contributed by atoms with van der Waals surface area (Å²) in [5, 5.41) is 2.83. The number of allylic oxidation sites excluding steroid dienone is 3. The predicted octanol–water partition coefficient (Wildman–Crippen LogP) is 5.39. The molecular weight excluding hydrogens is 302 g/mol. The van der Waals surface area contributed by atoms with Gasteiger partial charge in [0.2, 0.25) is 0 Å². The van der Waals surface area contributed by atoms with Crippen LogP contribution in [-0.2, 0) is 9.47 Å². The van der Waals surface area contributed by atoms with Gasteiger partial charge in [0, 0.05) is 7.11 Å². The summed E-state index contributed by atoms with van der Waals surface area (Å²) in [6.45, 7) is 9.70. The zero-order chi connectivity index (χ0) is 18.4. The molecule has 1 amide bonds. The average molecular weight is 340 g/mol. The molecule has 0 heterocycles. The van der Waals surface area contributed by atoms with E-state index in [0.29, 0.717) is 0 Å². The number of methoxy groups -OCH3 is 1. The van der Waals surface area contributed by atoms with Crippen LogP contribution in [0.4, 0.5) is 4.79 Å². The van der Waals surface area contributed by atoms with E-state index < -0.39 is 11.7 Å². The van der Waals surface area contributed by atoms with Crippen LogP contribution in [0.25, 0.3) is 0 Å². The molecule has 0 aliphatic carbocycles. The molecule has 0 fully saturated rings. The standard InChI is InChI=1S/C20H37NO3/c1-7-8-9-10-11-12-13-14-15-16-18(23-6)17(2)21-19(22)24-20(3,4)5/h12-15,17-18H,7-11,16H2,1-6H3,(H,21,22)/b13-12+,15-14+/t17-,18+/m1/s1. The number of rotatable bonds is 11. The first-order valence-corrected chi connectivity index (χ1v) is 9.14. The molecule has 0 aromatic rings. The number of carbonyl (C=O) groups is 1. The van der Waals surface area contributed by atoms with Crippen molar-refractivity contribution in [2.75, 3.05) is 7.11 Å². The molecule has 0 spiro atoms. The molecule has 0 unspecified atom stereocenters. The largest absolute Gasteiger partial charge is 0.444 e. The van der Waals surface area contributed by atoms with Gasteiger partial charge in [-0.05, 0) is 47.0 Å². The quantitative estimate of drug-likeness (QED) is 0.406. The van der Waals surface area contributed by atoms with Gasteiger partial charge < -0.3 is 14.8 Å². The van der Waals surface area contributed by atoms with E-state index in [0.717, 1.165) is 12.8 Å². The van der Waals surface area contributed by atoms with Gasteiger partial charge in [-0.25, -0.2) is 4.79 Å². The normalized spacial score (nSPS) is 14.9. The maximum atomic E-state index is 11.8. The van der Waals surface area contributed by atoms with E-state index >= 15 is 0 Å². The molecule has 4 heteroatoms. The fraction of sp³-hybridized carbons (Fsp3) is 0.750. The Morgan fingerprint density at radius 3 is 2.38 bits per heavy atom. The molecule has 0 radical (unpaired) electrons. The summed E-state index contributed by atoms with van der Waals surface area (Å²) in [5.74, 6) is 0. The smallest absolute Gasteiger partial charge is 0.407 e. The van der Waals surface area contributed by atoms with Crippen LogP contribution in [-0.4, -0.2) is 30.9 Å². The van der Waals surface area contributed by atoms with Gasteiger partial charge in [0.1, 0.15) is 5.60 Å². The first-order chi connectivity index (χ1) is 11.3. The van der Waals surface area contributed by atoms with Crippen molar-refractivity contribution in [2.24, 2.45) is 0 Å². The first kappa shape index (κ1) is 22.7. The Hall–Kier alpha value is -1.29. The van der Waals surface area contributed by atoms with Crippen LogP contribution in [0.1, 0.15) is 73.1 Å². The number of amides is 1. The van der Waals surface area contributed by atoms with Gasteiger partial charge in [0.25, 0.3) is 0 Å². The van der Waals surface area contributed by atoms with Gasteiger partial charge >= 0.3 is 6.09 Å². The third-order valence-corrected chi connectivity index (χ3v) is 3.58. The van der Waals surface area contributed by atoms with E-state index in [9.17, 15) is 4.79 Å². The summed E-state index contributed by atoms with van der Waals surface area (Å²) in [6.07, 6.45) is 15.0. The van der Waals surface area contributed by atoms with Crippen LogP contribution in [0.15, 0.2) is 24.3 Å². The van der Waals surface area contributed by atoms with Crippen molar-refractivity contribution in [2.45, 2.75) is 90.9 Å².